The lowest BCUT2D eigenvalue weighted by molar-refractivity contribution is -0.123. The van der Waals surface area contributed by atoms with E-state index >= 15 is 0 Å². The van der Waals surface area contributed by atoms with Crippen LogP contribution in [0.1, 0.15) is 49.9 Å². The quantitative estimate of drug-likeness (QED) is 0.585. The van der Waals surface area contributed by atoms with E-state index in [1.807, 2.05) is 4.90 Å². The Labute approximate surface area is 165 Å². The van der Waals surface area contributed by atoms with Crippen LogP contribution in [0, 0.1) is 23.7 Å². The first-order valence-electron chi connectivity index (χ1n) is 10.5. The molecule has 0 N–H and O–H groups in total. The number of amides is 3. The highest BCUT2D eigenvalue weighted by Gasteiger charge is 2.59. The number of nitrogens with zero attached hydrogens (tertiary/aromatic N) is 2. The Balaban J connectivity index is 1.38. The van der Waals surface area contributed by atoms with Gasteiger partial charge in [-0.2, -0.15) is 0 Å². The van der Waals surface area contributed by atoms with Crippen LogP contribution in [0.5, 0.6) is 0 Å². The SMILES string of the molecule is CC1CCCC(C)N1C(=O)c1ccc(N2C(=O)C3C4C=CC(C4)C3C2=O)cc1. The Bertz CT molecular complexity index is 834. The van der Waals surface area contributed by atoms with E-state index in [4.69, 9.17) is 0 Å². The average Bonchev–Trinajstić information content (AvgIpc) is 3.36. The highest BCUT2D eigenvalue weighted by molar-refractivity contribution is 6.22. The zero-order chi connectivity index (χ0) is 19.6. The molecule has 0 radical (unpaired) electrons. The molecule has 5 nitrogen and oxygen atoms in total. The van der Waals surface area contributed by atoms with Crippen LogP contribution in [0.3, 0.4) is 0 Å². The van der Waals surface area contributed by atoms with E-state index < -0.39 is 0 Å². The maximum Gasteiger partial charge on any atom is 0.254 e. The largest absolute Gasteiger partial charge is 0.333 e. The third kappa shape index (κ3) is 2.41. The van der Waals surface area contributed by atoms with E-state index in [9.17, 15) is 14.4 Å². The Hall–Kier alpha value is -2.43. The van der Waals surface area contributed by atoms with Gasteiger partial charge in [0.1, 0.15) is 0 Å². The fourth-order valence-electron chi connectivity index (χ4n) is 5.88. The van der Waals surface area contributed by atoms with Gasteiger partial charge in [0.05, 0.1) is 17.5 Å². The number of allylic oxidation sites excluding steroid dienone is 2. The molecule has 6 unspecified atom stereocenters. The maximum absolute atomic E-state index is 13.0. The number of imide groups is 1. The van der Waals surface area contributed by atoms with Crippen molar-refractivity contribution in [3.05, 3.63) is 42.0 Å². The van der Waals surface area contributed by atoms with Crippen molar-refractivity contribution in [1.29, 1.82) is 0 Å². The van der Waals surface area contributed by atoms with Gasteiger partial charge in [-0.05, 0) is 75.6 Å². The molecule has 3 amide bonds. The third-order valence-electron chi connectivity index (χ3n) is 7.27. The Kier molecular flexibility index (Phi) is 3.97. The summed E-state index contributed by atoms with van der Waals surface area (Å²) >= 11 is 0. The Morgan fingerprint density at radius 2 is 1.43 bits per heavy atom. The molecular weight excluding hydrogens is 352 g/mol. The van der Waals surface area contributed by atoms with Crippen LogP contribution in [0.2, 0.25) is 0 Å². The van der Waals surface area contributed by atoms with Crippen LogP contribution in [0.25, 0.3) is 0 Å². The molecule has 146 valence electrons. The molecule has 1 aromatic rings. The summed E-state index contributed by atoms with van der Waals surface area (Å²) in [5, 5.41) is 0. The van der Waals surface area contributed by atoms with E-state index in [1.165, 1.54) is 4.90 Å². The molecule has 5 heteroatoms. The lowest BCUT2D eigenvalue weighted by Gasteiger charge is -2.39. The summed E-state index contributed by atoms with van der Waals surface area (Å²) in [6, 6.07) is 7.48. The number of benzene rings is 1. The van der Waals surface area contributed by atoms with E-state index in [2.05, 4.69) is 26.0 Å². The highest BCUT2D eigenvalue weighted by atomic mass is 16.2. The highest BCUT2D eigenvalue weighted by Crippen LogP contribution is 2.53. The molecule has 2 bridgehead atoms. The molecule has 2 aliphatic heterocycles. The summed E-state index contributed by atoms with van der Waals surface area (Å²) < 4.78 is 0. The number of hydrogen-bond acceptors (Lipinski definition) is 3. The van der Waals surface area contributed by atoms with Crippen LogP contribution >= 0.6 is 0 Å². The summed E-state index contributed by atoms with van der Waals surface area (Å²) in [6.07, 6.45) is 8.35. The van der Waals surface area contributed by atoms with Crippen LogP contribution in [-0.2, 0) is 9.59 Å². The van der Waals surface area contributed by atoms with Crippen molar-refractivity contribution in [1.82, 2.24) is 4.90 Å². The number of fused-ring (bicyclic) bond motifs is 5. The predicted molar refractivity (Wildman–Crippen MR) is 106 cm³/mol. The number of rotatable bonds is 2. The van der Waals surface area contributed by atoms with Gasteiger partial charge in [-0.15, -0.1) is 0 Å². The molecule has 2 heterocycles. The lowest BCUT2D eigenvalue weighted by atomic mass is 9.85. The van der Waals surface area contributed by atoms with E-state index in [1.54, 1.807) is 24.3 Å². The standard InChI is InChI=1S/C23H26N2O3/c1-13-4-3-5-14(2)24(13)21(26)15-8-10-18(11-9-15)25-22(27)19-16-6-7-17(12-16)20(19)23(25)28/h6-11,13-14,16-17,19-20H,3-5,12H2,1-2H3. The number of carbonyl (C=O) groups is 3. The second-order valence-corrected chi connectivity index (χ2v) is 8.90. The molecule has 0 aromatic heterocycles. The number of likely N-dealkylation sites (tertiary alicyclic amines) is 1. The first-order valence-corrected chi connectivity index (χ1v) is 10.5. The number of anilines is 1. The van der Waals surface area contributed by atoms with Gasteiger partial charge in [0.25, 0.3) is 5.91 Å². The van der Waals surface area contributed by atoms with Crippen molar-refractivity contribution < 1.29 is 14.4 Å². The molecule has 1 saturated carbocycles. The molecule has 3 fully saturated rings. The van der Waals surface area contributed by atoms with Crippen molar-refractivity contribution in [2.45, 2.75) is 51.6 Å². The van der Waals surface area contributed by atoms with E-state index in [0.29, 0.717) is 11.3 Å². The molecule has 0 spiro atoms. The zero-order valence-corrected chi connectivity index (χ0v) is 16.4. The third-order valence-corrected chi connectivity index (χ3v) is 7.27. The second-order valence-electron chi connectivity index (χ2n) is 8.90. The van der Waals surface area contributed by atoms with Crippen LogP contribution in [0.15, 0.2) is 36.4 Å². The molecule has 28 heavy (non-hydrogen) atoms. The monoisotopic (exact) mass is 378 g/mol. The topological polar surface area (TPSA) is 57.7 Å². The summed E-state index contributed by atoms with van der Waals surface area (Å²) in [4.78, 5) is 42.2. The first-order chi connectivity index (χ1) is 13.5. The molecule has 6 atom stereocenters. The fraction of sp³-hybridized carbons (Fsp3) is 0.522. The van der Waals surface area contributed by atoms with E-state index in [0.717, 1.165) is 25.7 Å². The predicted octanol–water partition coefficient (Wildman–Crippen LogP) is 3.40. The number of hydrogen-bond donors (Lipinski definition) is 0. The van der Waals surface area contributed by atoms with Crippen molar-refractivity contribution in [2.75, 3.05) is 4.90 Å². The van der Waals surface area contributed by atoms with Crippen LogP contribution in [0.4, 0.5) is 5.69 Å². The lowest BCUT2D eigenvalue weighted by Crippen LogP contribution is -2.47. The summed E-state index contributed by atoms with van der Waals surface area (Å²) in [5.41, 5.74) is 1.20. The molecular formula is C23H26N2O3. The smallest absolute Gasteiger partial charge is 0.254 e. The summed E-state index contributed by atoms with van der Waals surface area (Å²) in [5.74, 6) is -0.102. The summed E-state index contributed by atoms with van der Waals surface area (Å²) in [7, 11) is 0. The minimum absolute atomic E-state index is 0.0319. The number of piperidine rings is 1. The van der Waals surface area contributed by atoms with Gasteiger partial charge in [-0.1, -0.05) is 12.2 Å². The van der Waals surface area contributed by atoms with Crippen molar-refractivity contribution in [3.8, 4) is 0 Å². The molecule has 2 saturated heterocycles. The van der Waals surface area contributed by atoms with Gasteiger partial charge in [0.15, 0.2) is 0 Å². The van der Waals surface area contributed by atoms with Crippen LogP contribution in [-0.4, -0.2) is 34.7 Å². The van der Waals surface area contributed by atoms with Gasteiger partial charge < -0.3 is 4.90 Å². The zero-order valence-electron chi connectivity index (χ0n) is 16.4. The van der Waals surface area contributed by atoms with E-state index in [-0.39, 0.29) is 53.5 Å². The Morgan fingerprint density at radius 1 is 0.893 bits per heavy atom. The number of carbonyl (C=O) groups excluding carboxylic acids is 3. The second kappa shape index (κ2) is 6.29. The van der Waals surface area contributed by atoms with Gasteiger partial charge in [-0.3, -0.25) is 19.3 Å². The molecule has 5 rings (SSSR count). The average molecular weight is 378 g/mol. The van der Waals surface area contributed by atoms with Gasteiger partial charge >= 0.3 is 0 Å². The minimum Gasteiger partial charge on any atom is -0.333 e. The normalized spacial score (nSPS) is 36.4. The summed E-state index contributed by atoms with van der Waals surface area (Å²) in [6.45, 7) is 4.20. The van der Waals surface area contributed by atoms with Gasteiger partial charge in [0, 0.05) is 17.6 Å². The minimum atomic E-state index is -0.196. The van der Waals surface area contributed by atoms with Gasteiger partial charge in [0.2, 0.25) is 11.8 Å². The van der Waals surface area contributed by atoms with Crippen molar-refractivity contribution >= 4 is 23.4 Å². The first kappa shape index (κ1) is 17.7. The molecule has 2 aliphatic carbocycles. The maximum atomic E-state index is 13.0. The van der Waals surface area contributed by atoms with Gasteiger partial charge in [-0.25, -0.2) is 0 Å². The molecule has 4 aliphatic rings. The van der Waals surface area contributed by atoms with Crippen LogP contribution < -0.4 is 4.90 Å². The molecule has 1 aromatic carbocycles. The van der Waals surface area contributed by atoms with Crippen molar-refractivity contribution in [2.24, 2.45) is 23.7 Å². The Morgan fingerprint density at radius 3 is 1.96 bits per heavy atom. The van der Waals surface area contributed by atoms with Crippen molar-refractivity contribution in [3.63, 3.8) is 0 Å². The fourth-order valence-corrected chi connectivity index (χ4v) is 5.88.